The van der Waals surface area contributed by atoms with Crippen molar-refractivity contribution in [3.63, 3.8) is 0 Å². The van der Waals surface area contributed by atoms with E-state index in [-0.39, 0.29) is 0 Å². The highest BCUT2D eigenvalue weighted by Gasteiger charge is 2.40. The average Bonchev–Trinajstić information content (AvgIpc) is 3.07. The van der Waals surface area contributed by atoms with E-state index in [0.717, 1.165) is 65.2 Å². The number of hydrogen-bond acceptors (Lipinski definition) is 5. The lowest BCUT2D eigenvalue weighted by molar-refractivity contribution is 0.0109. The molecule has 0 N–H and O–H groups in total. The minimum Gasteiger partial charge on any atom is -0.381 e. The molecule has 0 aliphatic carbocycles. The molecule has 2 unspecified atom stereocenters. The molecule has 0 radical (unpaired) electrons. The first-order valence-corrected chi connectivity index (χ1v) is 11.1. The Morgan fingerprint density at radius 2 is 1.67 bits per heavy atom. The van der Waals surface area contributed by atoms with Gasteiger partial charge in [0.1, 0.15) is 0 Å². The van der Waals surface area contributed by atoms with Gasteiger partial charge < -0.3 is 9.47 Å². The molecule has 3 saturated heterocycles. The van der Waals surface area contributed by atoms with Crippen molar-refractivity contribution in [2.45, 2.75) is 38.6 Å². The van der Waals surface area contributed by atoms with Crippen molar-refractivity contribution in [3.05, 3.63) is 0 Å². The largest absolute Gasteiger partial charge is 0.381 e. The van der Waals surface area contributed by atoms with Crippen LogP contribution >= 0.6 is 0 Å². The molecule has 3 heterocycles. The van der Waals surface area contributed by atoms with E-state index in [4.69, 9.17) is 9.47 Å². The third-order valence-corrected chi connectivity index (χ3v) is 7.77. The Bertz CT molecular complexity index is 487. The van der Waals surface area contributed by atoms with Crippen molar-refractivity contribution in [1.29, 1.82) is 0 Å². The number of morpholine rings is 1. The zero-order chi connectivity index (χ0) is 17.0. The summed E-state index contributed by atoms with van der Waals surface area (Å²) in [4.78, 5) is 2.44. The molecule has 0 aromatic heterocycles. The number of nitrogens with zero attached hydrogens (tertiary/aromatic N) is 2. The van der Waals surface area contributed by atoms with Gasteiger partial charge >= 0.3 is 0 Å². The topological polar surface area (TPSA) is 59.1 Å². The molecule has 0 aromatic rings. The van der Waals surface area contributed by atoms with Gasteiger partial charge in [-0.15, -0.1) is 0 Å². The molecule has 7 heteroatoms. The van der Waals surface area contributed by atoms with Crippen LogP contribution in [0.25, 0.3) is 0 Å². The van der Waals surface area contributed by atoms with Crippen LogP contribution in [0.4, 0.5) is 0 Å². The van der Waals surface area contributed by atoms with Crippen molar-refractivity contribution in [1.82, 2.24) is 9.21 Å². The van der Waals surface area contributed by atoms with E-state index in [1.54, 1.807) is 4.31 Å². The smallest absolute Gasteiger partial charge is 0.214 e. The Kier molecular flexibility index (Phi) is 6.54. The van der Waals surface area contributed by atoms with Crippen molar-refractivity contribution >= 4 is 10.0 Å². The van der Waals surface area contributed by atoms with Gasteiger partial charge in [0, 0.05) is 45.4 Å². The SMILES string of the molecule is CCC1CN(S(=O)(=O)CCC2CCOCC2)CC1N1CCOCC1. The van der Waals surface area contributed by atoms with Crippen LogP contribution in [-0.4, -0.2) is 82.0 Å². The first-order valence-electron chi connectivity index (χ1n) is 9.47. The maximum atomic E-state index is 12.8. The van der Waals surface area contributed by atoms with Crippen LogP contribution < -0.4 is 0 Å². The van der Waals surface area contributed by atoms with Gasteiger partial charge in [-0.25, -0.2) is 12.7 Å². The molecule has 0 spiro atoms. The molecule has 0 aromatic carbocycles. The fraction of sp³-hybridized carbons (Fsp3) is 1.00. The zero-order valence-corrected chi connectivity index (χ0v) is 15.7. The molecule has 140 valence electrons. The molecular formula is C17H32N2O4S. The van der Waals surface area contributed by atoms with E-state index < -0.39 is 10.0 Å². The Labute approximate surface area is 146 Å². The van der Waals surface area contributed by atoms with Crippen LogP contribution in [0.1, 0.15) is 32.6 Å². The minimum absolute atomic E-state index is 0.296. The zero-order valence-electron chi connectivity index (χ0n) is 14.9. The van der Waals surface area contributed by atoms with Crippen LogP contribution in [0.5, 0.6) is 0 Å². The van der Waals surface area contributed by atoms with Gasteiger partial charge in [0.2, 0.25) is 10.0 Å². The Hall–Kier alpha value is -0.210. The maximum Gasteiger partial charge on any atom is 0.214 e. The Balaban J connectivity index is 1.56. The van der Waals surface area contributed by atoms with Gasteiger partial charge in [0.15, 0.2) is 0 Å². The third kappa shape index (κ3) is 4.49. The molecule has 0 bridgehead atoms. The first-order chi connectivity index (χ1) is 11.6. The number of hydrogen-bond donors (Lipinski definition) is 0. The molecule has 2 atom stereocenters. The summed E-state index contributed by atoms with van der Waals surface area (Å²) in [7, 11) is -3.14. The van der Waals surface area contributed by atoms with Crippen molar-refractivity contribution in [3.8, 4) is 0 Å². The summed E-state index contributed by atoms with van der Waals surface area (Å²) in [5.74, 6) is 1.25. The molecule has 6 nitrogen and oxygen atoms in total. The van der Waals surface area contributed by atoms with E-state index in [1.807, 2.05) is 0 Å². The standard InChI is InChI=1S/C17H32N2O4S/c1-2-16-13-19(14-17(16)18-6-10-23-11-7-18)24(20,21)12-5-15-3-8-22-9-4-15/h15-17H,2-14H2,1H3. The predicted octanol–water partition coefficient (Wildman–Crippen LogP) is 1.18. The van der Waals surface area contributed by atoms with Crippen LogP contribution in [0.2, 0.25) is 0 Å². The van der Waals surface area contributed by atoms with Gasteiger partial charge in [-0.05, 0) is 31.1 Å². The molecule has 0 saturated carbocycles. The maximum absolute atomic E-state index is 12.8. The van der Waals surface area contributed by atoms with Crippen LogP contribution in [0.15, 0.2) is 0 Å². The number of ether oxygens (including phenoxy) is 2. The molecule has 3 aliphatic heterocycles. The van der Waals surface area contributed by atoms with Crippen molar-refractivity contribution in [2.24, 2.45) is 11.8 Å². The highest BCUT2D eigenvalue weighted by atomic mass is 32.2. The second kappa shape index (κ2) is 8.45. The monoisotopic (exact) mass is 360 g/mol. The second-order valence-electron chi connectivity index (χ2n) is 7.36. The molecule has 3 rings (SSSR count). The van der Waals surface area contributed by atoms with Crippen LogP contribution in [0, 0.1) is 11.8 Å². The molecule has 3 aliphatic rings. The lowest BCUT2D eigenvalue weighted by atomic mass is 9.98. The first kappa shape index (κ1) is 18.6. The van der Waals surface area contributed by atoms with Crippen LogP contribution in [0.3, 0.4) is 0 Å². The summed E-state index contributed by atoms with van der Waals surface area (Å²) < 4.78 is 38.2. The van der Waals surface area contributed by atoms with Gasteiger partial charge in [-0.2, -0.15) is 0 Å². The van der Waals surface area contributed by atoms with E-state index in [2.05, 4.69) is 11.8 Å². The normalized spacial score (nSPS) is 31.5. The number of rotatable bonds is 6. The molecular weight excluding hydrogens is 328 g/mol. The van der Waals surface area contributed by atoms with E-state index in [0.29, 0.717) is 36.7 Å². The van der Waals surface area contributed by atoms with Crippen molar-refractivity contribution in [2.75, 3.05) is 58.4 Å². The average molecular weight is 361 g/mol. The highest BCUT2D eigenvalue weighted by molar-refractivity contribution is 7.89. The molecule has 0 amide bonds. The third-order valence-electron chi connectivity index (χ3n) is 5.93. The van der Waals surface area contributed by atoms with Gasteiger partial charge in [0.25, 0.3) is 0 Å². The van der Waals surface area contributed by atoms with Crippen LogP contribution in [-0.2, 0) is 19.5 Å². The van der Waals surface area contributed by atoms with Gasteiger partial charge in [-0.1, -0.05) is 13.3 Å². The summed E-state index contributed by atoms with van der Waals surface area (Å²) in [6.45, 7) is 8.48. The quantitative estimate of drug-likeness (QED) is 0.712. The summed E-state index contributed by atoms with van der Waals surface area (Å²) in [6.07, 6.45) is 3.82. The predicted molar refractivity (Wildman–Crippen MR) is 93.5 cm³/mol. The van der Waals surface area contributed by atoms with E-state index >= 15 is 0 Å². The summed E-state index contributed by atoms with van der Waals surface area (Å²) >= 11 is 0. The highest BCUT2D eigenvalue weighted by Crippen LogP contribution is 2.29. The lowest BCUT2D eigenvalue weighted by Crippen LogP contribution is -2.47. The molecule has 24 heavy (non-hydrogen) atoms. The molecule has 3 fully saturated rings. The fourth-order valence-corrected chi connectivity index (χ4v) is 5.93. The van der Waals surface area contributed by atoms with Gasteiger partial charge in [-0.3, -0.25) is 4.90 Å². The number of sulfonamides is 1. The fourth-order valence-electron chi connectivity index (χ4n) is 4.25. The minimum atomic E-state index is -3.14. The summed E-state index contributed by atoms with van der Waals surface area (Å²) in [5, 5.41) is 0. The Morgan fingerprint density at radius 1 is 1.00 bits per heavy atom. The van der Waals surface area contributed by atoms with Gasteiger partial charge in [0.05, 0.1) is 19.0 Å². The van der Waals surface area contributed by atoms with E-state index in [1.165, 1.54) is 0 Å². The second-order valence-corrected chi connectivity index (χ2v) is 9.45. The Morgan fingerprint density at radius 3 is 2.33 bits per heavy atom. The summed E-state index contributed by atoms with van der Waals surface area (Å²) in [6, 6.07) is 0.358. The van der Waals surface area contributed by atoms with E-state index in [9.17, 15) is 8.42 Å². The summed E-state index contributed by atoms with van der Waals surface area (Å²) in [5.41, 5.74) is 0. The van der Waals surface area contributed by atoms with Crippen molar-refractivity contribution < 1.29 is 17.9 Å². The lowest BCUT2D eigenvalue weighted by Gasteiger charge is -2.34.